The molecule has 1 heterocycles. The predicted octanol–water partition coefficient (Wildman–Crippen LogP) is 2.82. The highest BCUT2D eigenvalue weighted by atomic mass is 79.9. The van der Waals surface area contributed by atoms with Crippen molar-refractivity contribution >= 4 is 15.9 Å². The summed E-state index contributed by atoms with van der Waals surface area (Å²) < 4.78 is 6.98. The molecule has 2 N–H and O–H groups in total. The number of hydrogen-bond donors (Lipinski definition) is 1. The van der Waals surface area contributed by atoms with E-state index in [4.69, 9.17) is 10.5 Å². The number of nitrogens with zero attached hydrogens (tertiary/aromatic N) is 1. The van der Waals surface area contributed by atoms with Gasteiger partial charge in [-0.2, -0.15) is 0 Å². The van der Waals surface area contributed by atoms with Crippen LogP contribution in [0.2, 0.25) is 0 Å². The Morgan fingerprint density at radius 3 is 2.79 bits per heavy atom. The zero-order chi connectivity index (χ0) is 13.5. The molecule has 1 aromatic rings. The topological polar surface area (TPSA) is 38.5 Å². The Labute approximate surface area is 124 Å². The molecule has 0 aliphatic carbocycles. The molecule has 0 amide bonds. The average molecular weight is 327 g/mol. The van der Waals surface area contributed by atoms with Crippen molar-refractivity contribution < 1.29 is 4.74 Å². The molecular weight excluding hydrogens is 304 g/mol. The summed E-state index contributed by atoms with van der Waals surface area (Å²) in [6.45, 7) is 5.09. The maximum Gasteiger partial charge on any atom is 0.136 e. The van der Waals surface area contributed by atoms with Gasteiger partial charge in [0.1, 0.15) is 5.75 Å². The molecule has 1 aliphatic heterocycles. The van der Waals surface area contributed by atoms with E-state index in [2.05, 4.69) is 26.9 Å². The number of benzene rings is 1. The largest absolute Gasteiger partial charge is 0.492 e. The van der Waals surface area contributed by atoms with Gasteiger partial charge < -0.3 is 15.4 Å². The van der Waals surface area contributed by atoms with Crippen molar-refractivity contribution in [1.29, 1.82) is 0 Å². The SMILES string of the molecule is NCCc1cccc(Br)c1OCCCN1CCCC1. The van der Waals surface area contributed by atoms with Crippen LogP contribution in [-0.4, -0.2) is 37.7 Å². The lowest BCUT2D eigenvalue weighted by atomic mass is 10.1. The van der Waals surface area contributed by atoms with E-state index < -0.39 is 0 Å². The van der Waals surface area contributed by atoms with Crippen LogP contribution in [0.15, 0.2) is 22.7 Å². The van der Waals surface area contributed by atoms with Gasteiger partial charge in [0.15, 0.2) is 0 Å². The third-order valence-corrected chi connectivity index (χ3v) is 4.15. The summed E-state index contributed by atoms with van der Waals surface area (Å²) in [7, 11) is 0. The van der Waals surface area contributed by atoms with Gasteiger partial charge in [-0.05, 0) is 72.9 Å². The molecule has 0 aromatic heterocycles. The number of ether oxygens (including phenoxy) is 1. The van der Waals surface area contributed by atoms with Crippen LogP contribution in [0.5, 0.6) is 5.75 Å². The summed E-state index contributed by atoms with van der Waals surface area (Å²) in [6, 6.07) is 6.15. The summed E-state index contributed by atoms with van der Waals surface area (Å²) in [5.74, 6) is 0.967. The van der Waals surface area contributed by atoms with Gasteiger partial charge in [-0.1, -0.05) is 12.1 Å². The third kappa shape index (κ3) is 4.48. The van der Waals surface area contributed by atoms with Crippen molar-refractivity contribution in [3.05, 3.63) is 28.2 Å². The van der Waals surface area contributed by atoms with Gasteiger partial charge in [0.25, 0.3) is 0 Å². The van der Waals surface area contributed by atoms with Crippen LogP contribution < -0.4 is 10.5 Å². The summed E-state index contributed by atoms with van der Waals surface area (Å²) in [6.07, 6.45) is 4.65. The molecule has 1 aromatic carbocycles. The number of halogens is 1. The van der Waals surface area contributed by atoms with Gasteiger partial charge in [-0.15, -0.1) is 0 Å². The Bertz CT molecular complexity index is 392. The van der Waals surface area contributed by atoms with Crippen molar-refractivity contribution in [2.24, 2.45) is 5.73 Å². The molecule has 0 saturated carbocycles. The van der Waals surface area contributed by atoms with E-state index in [-0.39, 0.29) is 0 Å². The molecule has 106 valence electrons. The minimum atomic E-state index is 0.653. The highest BCUT2D eigenvalue weighted by Gasteiger charge is 2.11. The molecule has 2 rings (SSSR count). The minimum Gasteiger partial charge on any atom is -0.492 e. The third-order valence-electron chi connectivity index (χ3n) is 3.53. The summed E-state index contributed by atoms with van der Waals surface area (Å²) in [4.78, 5) is 2.52. The Morgan fingerprint density at radius 1 is 1.26 bits per heavy atom. The van der Waals surface area contributed by atoms with Gasteiger partial charge >= 0.3 is 0 Å². The number of nitrogens with two attached hydrogens (primary N) is 1. The second-order valence-corrected chi connectivity index (χ2v) is 5.87. The first kappa shape index (κ1) is 14.8. The molecule has 4 heteroatoms. The van der Waals surface area contributed by atoms with Gasteiger partial charge in [0.2, 0.25) is 0 Å². The van der Waals surface area contributed by atoms with Gasteiger partial charge in [-0.3, -0.25) is 0 Å². The van der Waals surface area contributed by atoms with E-state index in [1.54, 1.807) is 0 Å². The number of rotatable bonds is 7. The van der Waals surface area contributed by atoms with E-state index in [1.165, 1.54) is 31.5 Å². The Balaban J connectivity index is 1.80. The maximum absolute atomic E-state index is 5.95. The zero-order valence-electron chi connectivity index (χ0n) is 11.4. The van der Waals surface area contributed by atoms with Crippen molar-refractivity contribution in [3.63, 3.8) is 0 Å². The van der Waals surface area contributed by atoms with Crippen molar-refractivity contribution in [3.8, 4) is 5.75 Å². The minimum absolute atomic E-state index is 0.653. The van der Waals surface area contributed by atoms with Gasteiger partial charge in [-0.25, -0.2) is 0 Å². The second-order valence-electron chi connectivity index (χ2n) is 5.02. The second kappa shape index (κ2) is 7.88. The van der Waals surface area contributed by atoms with Crippen molar-refractivity contribution in [2.75, 3.05) is 32.8 Å². The molecule has 1 saturated heterocycles. The lowest BCUT2D eigenvalue weighted by molar-refractivity contribution is 0.261. The zero-order valence-corrected chi connectivity index (χ0v) is 13.0. The van der Waals surface area contributed by atoms with Crippen LogP contribution in [-0.2, 0) is 6.42 Å². The summed E-state index contributed by atoms with van der Waals surface area (Å²) in [5.41, 5.74) is 6.83. The Hall–Kier alpha value is -0.580. The molecule has 3 nitrogen and oxygen atoms in total. The lowest BCUT2D eigenvalue weighted by Crippen LogP contribution is -2.22. The molecular formula is C15H23BrN2O. The lowest BCUT2D eigenvalue weighted by Gasteiger charge is -2.16. The first-order valence-corrected chi connectivity index (χ1v) is 7.93. The fraction of sp³-hybridized carbons (Fsp3) is 0.600. The normalized spacial score (nSPS) is 15.9. The number of likely N-dealkylation sites (tertiary alicyclic amines) is 1. The number of hydrogen-bond acceptors (Lipinski definition) is 3. The maximum atomic E-state index is 5.95. The molecule has 0 radical (unpaired) electrons. The Kier molecular flexibility index (Phi) is 6.14. The molecule has 1 aliphatic rings. The van der Waals surface area contributed by atoms with E-state index in [0.29, 0.717) is 6.54 Å². The van der Waals surface area contributed by atoms with Crippen molar-refractivity contribution in [1.82, 2.24) is 4.90 Å². The highest BCUT2D eigenvalue weighted by Crippen LogP contribution is 2.29. The van der Waals surface area contributed by atoms with E-state index >= 15 is 0 Å². The highest BCUT2D eigenvalue weighted by molar-refractivity contribution is 9.10. The smallest absolute Gasteiger partial charge is 0.136 e. The average Bonchev–Trinajstić information content (AvgIpc) is 2.90. The molecule has 19 heavy (non-hydrogen) atoms. The quantitative estimate of drug-likeness (QED) is 0.783. The molecule has 0 unspecified atom stereocenters. The monoisotopic (exact) mass is 326 g/mol. The van der Waals surface area contributed by atoms with Crippen LogP contribution in [0.1, 0.15) is 24.8 Å². The van der Waals surface area contributed by atoms with Crippen LogP contribution >= 0.6 is 15.9 Å². The van der Waals surface area contributed by atoms with E-state index in [0.717, 1.165) is 36.2 Å². The summed E-state index contributed by atoms with van der Waals surface area (Å²) in [5, 5.41) is 0. The van der Waals surface area contributed by atoms with Crippen molar-refractivity contribution in [2.45, 2.75) is 25.7 Å². The fourth-order valence-electron chi connectivity index (χ4n) is 2.54. The molecule has 1 fully saturated rings. The predicted molar refractivity (Wildman–Crippen MR) is 82.7 cm³/mol. The first-order valence-electron chi connectivity index (χ1n) is 7.14. The Morgan fingerprint density at radius 2 is 2.05 bits per heavy atom. The standard InChI is InChI=1S/C15H23BrN2O/c16-14-6-3-5-13(7-8-17)15(14)19-12-4-11-18-9-1-2-10-18/h3,5-6H,1-2,4,7-12,17H2. The van der Waals surface area contributed by atoms with E-state index in [9.17, 15) is 0 Å². The van der Waals surface area contributed by atoms with E-state index in [1.807, 2.05) is 12.1 Å². The molecule has 0 spiro atoms. The molecule has 0 atom stereocenters. The molecule has 0 bridgehead atoms. The van der Waals surface area contributed by atoms with Crippen LogP contribution in [0.25, 0.3) is 0 Å². The van der Waals surface area contributed by atoms with Crippen LogP contribution in [0, 0.1) is 0 Å². The van der Waals surface area contributed by atoms with Gasteiger partial charge in [0.05, 0.1) is 11.1 Å². The van der Waals surface area contributed by atoms with Crippen LogP contribution in [0.4, 0.5) is 0 Å². The first-order chi connectivity index (χ1) is 9.31. The number of para-hydroxylation sites is 1. The summed E-state index contributed by atoms with van der Waals surface area (Å²) >= 11 is 3.56. The van der Waals surface area contributed by atoms with Gasteiger partial charge in [0, 0.05) is 6.54 Å². The fourth-order valence-corrected chi connectivity index (χ4v) is 3.06. The van der Waals surface area contributed by atoms with Crippen LogP contribution in [0.3, 0.4) is 0 Å².